The Bertz CT molecular complexity index is 1460. The normalized spacial score (nSPS) is 20.4. The van der Waals surface area contributed by atoms with Crippen LogP contribution in [0.25, 0.3) is 21.9 Å². The van der Waals surface area contributed by atoms with Gasteiger partial charge in [-0.3, -0.25) is 4.79 Å². The second-order valence-electron chi connectivity index (χ2n) is 8.92. The summed E-state index contributed by atoms with van der Waals surface area (Å²) in [4.78, 5) is 27.9. The van der Waals surface area contributed by atoms with Gasteiger partial charge in [-0.25, -0.2) is 4.98 Å². The number of hydrogen-bond acceptors (Lipinski definition) is 9. The smallest absolute Gasteiger partial charge is 0.321 e. The van der Waals surface area contributed by atoms with Crippen LogP contribution in [0, 0.1) is 0 Å². The van der Waals surface area contributed by atoms with Crippen LogP contribution in [0.15, 0.2) is 34.7 Å². The van der Waals surface area contributed by atoms with Gasteiger partial charge in [0.2, 0.25) is 17.5 Å². The number of carbonyl (C=O) groups is 1. The largest absolute Gasteiger partial charge is 0.459 e. The molecule has 0 aliphatic carbocycles. The Hall–Kier alpha value is -3.63. The van der Waals surface area contributed by atoms with Gasteiger partial charge in [0.05, 0.1) is 16.6 Å². The molecule has 2 aliphatic rings. The number of carbonyl (C=O) groups excluding carboxylic acids is 1. The Morgan fingerprint density at radius 2 is 2.06 bits per heavy atom. The second kappa shape index (κ2) is 8.54. The molecule has 1 aromatic carbocycles. The van der Waals surface area contributed by atoms with Gasteiger partial charge >= 0.3 is 6.01 Å². The number of nitrogens with one attached hydrogen (secondary N) is 2. The molecule has 3 aromatic heterocycles. The monoisotopic (exact) mass is 494 g/mol. The first-order valence-corrected chi connectivity index (χ1v) is 11.8. The third kappa shape index (κ3) is 4.19. The van der Waals surface area contributed by atoms with Crippen LogP contribution in [0.3, 0.4) is 0 Å². The van der Waals surface area contributed by atoms with E-state index in [1.165, 1.54) is 6.07 Å². The third-order valence-corrected chi connectivity index (χ3v) is 6.34. The van der Waals surface area contributed by atoms with E-state index in [0.717, 1.165) is 30.3 Å². The van der Waals surface area contributed by atoms with Crippen molar-refractivity contribution in [1.29, 1.82) is 0 Å². The number of furan rings is 1. The molecule has 0 saturated carbocycles. The first kappa shape index (κ1) is 21.9. The highest BCUT2D eigenvalue weighted by molar-refractivity contribution is 6.29. The van der Waals surface area contributed by atoms with Gasteiger partial charge in [-0.15, -0.1) is 0 Å². The number of aromatic nitrogens is 3. The summed E-state index contributed by atoms with van der Waals surface area (Å²) in [6.07, 6.45) is 0.910. The van der Waals surface area contributed by atoms with Crippen molar-refractivity contribution >= 4 is 45.1 Å². The maximum atomic E-state index is 12.5. The standard InChI is InChI=1S/C24H23ClN6O4/c1-12-10-26-21-20-14-3-6-18(28-15(14)4-5-16(20)34-22(21)23(32)27-12)35-19-9-17(25)29-24(30-19)33-13-7-8-31(2)11-13/h3-6,9,12-13,26H,7-8,10-11H2,1-2H3,(H,27,32)/t12-,13?/m1/s1. The molecule has 0 radical (unpaired) electrons. The lowest BCUT2D eigenvalue weighted by atomic mass is 10.1. The van der Waals surface area contributed by atoms with Crippen molar-refractivity contribution in [3.05, 3.63) is 41.2 Å². The quantitative estimate of drug-likeness (QED) is 0.408. The van der Waals surface area contributed by atoms with Crippen LogP contribution in [-0.2, 0) is 0 Å². The molecule has 11 heteroatoms. The number of rotatable bonds is 4. The molecule has 1 unspecified atom stereocenters. The van der Waals surface area contributed by atoms with E-state index < -0.39 is 0 Å². The minimum absolute atomic E-state index is 0.0105. The fraction of sp³-hybridized carbons (Fsp3) is 0.333. The summed E-state index contributed by atoms with van der Waals surface area (Å²) >= 11 is 6.19. The summed E-state index contributed by atoms with van der Waals surface area (Å²) in [5.74, 6) is 0.613. The number of likely N-dealkylation sites (tertiary alicyclic amines) is 1. The first-order valence-electron chi connectivity index (χ1n) is 11.4. The first-order chi connectivity index (χ1) is 16.9. The number of hydrogen-bond donors (Lipinski definition) is 2. The predicted molar refractivity (Wildman–Crippen MR) is 131 cm³/mol. The summed E-state index contributed by atoms with van der Waals surface area (Å²) in [6, 6.07) is 8.93. The molecule has 0 spiro atoms. The minimum Gasteiger partial charge on any atom is -0.459 e. The van der Waals surface area contributed by atoms with Crippen LogP contribution in [0.1, 0.15) is 23.9 Å². The van der Waals surface area contributed by atoms with Crippen molar-refractivity contribution in [2.75, 3.05) is 32.0 Å². The predicted octanol–water partition coefficient (Wildman–Crippen LogP) is 3.84. The van der Waals surface area contributed by atoms with E-state index in [1.807, 2.05) is 26.1 Å². The molecule has 2 N–H and O–H groups in total. The van der Waals surface area contributed by atoms with Crippen molar-refractivity contribution in [1.82, 2.24) is 25.2 Å². The van der Waals surface area contributed by atoms with Crippen LogP contribution in [0.4, 0.5) is 5.69 Å². The maximum absolute atomic E-state index is 12.5. The third-order valence-electron chi connectivity index (χ3n) is 6.15. The number of halogens is 1. The highest BCUT2D eigenvalue weighted by Gasteiger charge is 2.27. The van der Waals surface area contributed by atoms with E-state index in [-0.39, 0.29) is 40.9 Å². The number of nitrogens with zero attached hydrogens (tertiary/aromatic N) is 4. The average molecular weight is 495 g/mol. The number of amides is 1. The van der Waals surface area contributed by atoms with E-state index in [2.05, 4.69) is 30.5 Å². The van der Waals surface area contributed by atoms with Gasteiger partial charge in [0.1, 0.15) is 16.8 Å². The van der Waals surface area contributed by atoms with E-state index in [9.17, 15) is 4.79 Å². The van der Waals surface area contributed by atoms with E-state index in [1.54, 1.807) is 12.1 Å². The summed E-state index contributed by atoms with van der Waals surface area (Å²) in [5, 5.41) is 8.11. The Morgan fingerprint density at radius 1 is 1.17 bits per heavy atom. The van der Waals surface area contributed by atoms with Crippen LogP contribution in [0.2, 0.25) is 5.15 Å². The SMILES string of the molecule is C[C@@H]1CNc2c(oc3ccc4nc(Oc5cc(Cl)nc(OC6CCN(C)C6)n5)ccc4c23)C(=O)N1. The van der Waals surface area contributed by atoms with Crippen LogP contribution < -0.4 is 20.1 Å². The lowest BCUT2D eigenvalue weighted by Gasteiger charge is -2.13. The van der Waals surface area contributed by atoms with Crippen LogP contribution in [0.5, 0.6) is 17.8 Å². The van der Waals surface area contributed by atoms with E-state index in [4.69, 9.17) is 25.5 Å². The van der Waals surface area contributed by atoms with Crippen molar-refractivity contribution in [3.8, 4) is 17.8 Å². The molecule has 1 amide bonds. The average Bonchev–Trinajstić information content (AvgIpc) is 3.36. The van der Waals surface area contributed by atoms with E-state index >= 15 is 0 Å². The summed E-state index contributed by atoms with van der Waals surface area (Å²) in [5.41, 5.74) is 1.96. The Balaban J connectivity index is 1.31. The lowest BCUT2D eigenvalue weighted by Crippen LogP contribution is -2.34. The van der Waals surface area contributed by atoms with Crippen LogP contribution >= 0.6 is 11.6 Å². The van der Waals surface area contributed by atoms with Crippen molar-refractivity contribution in [2.24, 2.45) is 0 Å². The molecular weight excluding hydrogens is 472 g/mol. The molecule has 2 aliphatic heterocycles. The number of ether oxygens (including phenoxy) is 2. The second-order valence-corrected chi connectivity index (χ2v) is 9.31. The molecule has 35 heavy (non-hydrogen) atoms. The van der Waals surface area contributed by atoms with Crippen LogP contribution in [-0.4, -0.2) is 64.6 Å². The molecular formula is C24H23ClN6O4. The summed E-state index contributed by atoms with van der Waals surface area (Å²) in [7, 11) is 2.04. The zero-order chi connectivity index (χ0) is 24.1. The highest BCUT2D eigenvalue weighted by Crippen LogP contribution is 2.38. The van der Waals surface area contributed by atoms with Gasteiger partial charge in [0.15, 0.2) is 0 Å². The minimum atomic E-state index is -0.238. The molecule has 5 heterocycles. The topological polar surface area (TPSA) is 115 Å². The van der Waals surface area contributed by atoms with Gasteiger partial charge < -0.3 is 29.4 Å². The number of fused-ring (bicyclic) bond motifs is 5. The fourth-order valence-corrected chi connectivity index (χ4v) is 4.66. The molecule has 180 valence electrons. The molecule has 1 saturated heterocycles. The fourth-order valence-electron chi connectivity index (χ4n) is 4.49. The zero-order valence-electron chi connectivity index (χ0n) is 19.2. The lowest BCUT2D eigenvalue weighted by molar-refractivity contribution is 0.0920. The number of likely N-dealkylation sites (N-methyl/N-ethyl adjacent to an activating group) is 1. The van der Waals surface area contributed by atoms with Crippen molar-refractivity contribution in [2.45, 2.75) is 25.5 Å². The Kier molecular flexibility index (Phi) is 5.34. The van der Waals surface area contributed by atoms with Crippen molar-refractivity contribution in [3.63, 3.8) is 0 Å². The van der Waals surface area contributed by atoms with Gasteiger partial charge in [-0.2, -0.15) is 9.97 Å². The summed E-state index contributed by atoms with van der Waals surface area (Å²) in [6.45, 7) is 4.29. The number of benzene rings is 1. The molecule has 4 aromatic rings. The van der Waals surface area contributed by atoms with E-state index in [0.29, 0.717) is 29.2 Å². The van der Waals surface area contributed by atoms with Gasteiger partial charge in [-0.05, 0) is 38.6 Å². The molecule has 0 bridgehead atoms. The molecule has 1 fully saturated rings. The molecule has 2 atom stereocenters. The number of anilines is 1. The number of pyridine rings is 1. The summed E-state index contributed by atoms with van der Waals surface area (Å²) < 4.78 is 17.7. The molecule has 6 rings (SSSR count). The highest BCUT2D eigenvalue weighted by atomic mass is 35.5. The van der Waals surface area contributed by atoms with Gasteiger partial charge in [-0.1, -0.05) is 11.6 Å². The maximum Gasteiger partial charge on any atom is 0.321 e. The zero-order valence-corrected chi connectivity index (χ0v) is 19.9. The Labute approximate surface area is 205 Å². The van der Waals surface area contributed by atoms with Gasteiger partial charge in [0.25, 0.3) is 5.91 Å². The Morgan fingerprint density at radius 3 is 2.89 bits per heavy atom. The van der Waals surface area contributed by atoms with Crippen molar-refractivity contribution < 1.29 is 18.7 Å². The van der Waals surface area contributed by atoms with Gasteiger partial charge in [0, 0.05) is 43.2 Å². The molecule has 10 nitrogen and oxygen atoms in total.